The predicted molar refractivity (Wildman–Crippen MR) is 90.8 cm³/mol. The Balaban J connectivity index is 2.40. The van der Waals surface area contributed by atoms with Gasteiger partial charge in [-0.25, -0.2) is 4.98 Å². The van der Waals surface area contributed by atoms with Crippen LogP contribution in [0.3, 0.4) is 0 Å². The number of nitrogens with one attached hydrogen (secondary N) is 1. The molecule has 0 bridgehead atoms. The van der Waals surface area contributed by atoms with Crippen molar-refractivity contribution in [1.29, 1.82) is 0 Å². The summed E-state index contributed by atoms with van der Waals surface area (Å²) in [7, 11) is 0. The number of hydrogen-bond acceptors (Lipinski definition) is 5. The lowest BCUT2D eigenvalue weighted by molar-refractivity contribution is -0.123. The molecule has 118 valence electrons. The Kier molecular flexibility index (Phi) is 4.62. The van der Waals surface area contributed by atoms with Gasteiger partial charge in [0.15, 0.2) is 9.60 Å². The maximum absolute atomic E-state index is 12.5. The van der Waals surface area contributed by atoms with E-state index in [-0.39, 0.29) is 23.6 Å². The van der Waals surface area contributed by atoms with Crippen LogP contribution in [0.1, 0.15) is 20.8 Å². The van der Waals surface area contributed by atoms with Gasteiger partial charge in [-0.2, -0.15) is 0 Å². The quantitative estimate of drug-likeness (QED) is 0.685. The number of amides is 1. The topological polar surface area (TPSA) is 68.9 Å². The Hall–Kier alpha value is -1.80. The highest BCUT2D eigenvalue weighted by Gasteiger charge is 2.16. The molecule has 0 aliphatic heterocycles. The highest BCUT2D eigenvalue weighted by atomic mass is 32.1. The zero-order valence-electron chi connectivity index (χ0n) is 12.8. The van der Waals surface area contributed by atoms with Crippen molar-refractivity contribution in [1.82, 2.24) is 19.4 Å². The summed E-state index contributed by atoms with van der Waals surface area (Å²) in [5.74, 6) is -0.232. The maximum Gasteiger partial charge on any atom is 0.273 e. The van der Waals surface area contributed by atoms with E-state index in [9.17, 15) is 9.59 Å². The maximum atomic E-state index is 12.5. The van der Waals surface area contributed by atoms with Gasteiger partial charge in [0, 0.05) is 12.1 Å². The van der Waals surface area contributed by atoms with Crippen LogP contribution in [-0.4, -0.2) is 25.6 Å². The monoisotopic (exact) mass is 338 g/mol. The molecule has 0 radical (unpaired) electrons. The van der Waals surface area contributed by atoms with Gasteiger partial charge in [-0.15, -0.1) is 6.58 Å². The Bertz CT molecular complexity index is 839. The molecule has 0 saturated heterocycles. The lowest BCUT2D eigenvalue weighted by atomic mass is 10.1. The van der Waals surface area contributed by atoms with E-state index in [1.165, 1.54) is 22.2 Å². The van der Waals surface area contributed by atoms with Gasteiger partial charge >= 0.3 is 0 Å². The van der Waals surface area contributed by atoms with Gasteiger partial charge in [-0.05, 0) is 33.0 Å². The van der Waals surface area contributed by atoms with Crippen molar-refractivity contribution in [2.45, 2.75) is 39.4 Å². The summed E-state index contributed by atoms with van der Waals surface area (Å²) in [5.41, 5.74) is -0.0672. The molecule has 8 heteroatoms. The fourth-order valence-corrected chi connectivity index (χ4v) is 3.30. The Morgan fingerprint density at radius 1 is 1.55 bits per heavy atom. The second-order valence-electron chi connectivity index (χ2n) is 5.90. The molecule has 2 rings (SSSR count). The molecule has 0 aliphatic carbocycles. The van der Waals surface area contributed by atoms with Crippen molar-refractivity contribution < 1.29 is 4.79 Å². The van der Waals surface area contributed by atoms with Crippen molar-refractivity contribution in [2.24, 2.45) is 0 Å². The molecule has 0 saturated carbocycles. The fraction of sp³-hybridized carbons (Fsp3) is 0.429. The van der Waals surface area contributed by atoms with Gasteiger partial charge in [-0.3, -0.25) is 14.2 Å². The molecule has 0 atom stereocenters. The molecule has 0 unspecified atom stereocenters. The van der Waals surface area contributed by atoms with Crippen molar-refractivity contribution in [3.63, 3.8) is 0 Å². The van der Waals surface area contributed by atoms with Crippen LogP contribution in [-0.2, 0) is 17.9 Å². The smallest absolute Gasteiger partial charge is 0.273 e. The first-order valence-electron chi connectivity index (χ1n) is 6.73. The van der Waals surface area contributed by atoms with Gasteiger partial charge in [0.05, 0.1) is 0 Å². The van der Waals surface area contributed by atoms with E-state index in [1.54, 1.807) is 10.6 Å². The number of carbonyl (C=O) groups is 1. The van der Waals surface area contributed by atoms with Crippen LogP contribution in [0.5, 0.6) is 0 Å². The Labute approximate surface area is 137 Å². The van der Waals surface area contributed by atoms with E-state index in [2.05, 4.69) is 16.9 Å². The first-order valence-corrected chi connectivity index (χ1v) is 7.96. The van der Waals surface area contributed by atoms with Gasteiger partial charge < -0.3 is 9.88 Å². The average Bonchev–Trinajstić information content (AvgIpc) is 2.69. The largest absolute Gasteiger partial charge is 0.350 e. The van der Waals surface area contributed by atoms with Crippen LogP contribution >= 0.6 is 23.6 Å². The van der Waals surface area contributed by atoms with Crippen molar-refractivity contribution in [3.05, 3.63) is 33.3 Å². The third-order valence-electron chi connectivity index (χ3n) is 2.78. The summed E-state index contributed by atoms with van der Waals surface area (Å²) in [6.45, 7) is 9.76. The summed E-state index contributed by atoms with van der Waals surface area (Å²) < 4.78 is 4.07. The zero-order valence-corrected chi connectivity index (χ0v) is 14.4. The molecule has 1 amide bonds. The normalized spacial score (nSPS) is 11.6. The molecule has 0 spiro atoms. The minimum absolute atomic E-state index is 0.0643. The van der Waals surface area contributed by atoms with Gasteiger partial charge in [0.1, 0.15) is 17.6 Å². The lowest BCUT2D eigenvalue weighted by Crippen LogP contribution is -2.43. The average molecular weight is 338 g/mol. The number of rotatable bonds is 4. The second-order valence-corrected chi connectivity index (χ2v) is 7.54. The standard InChI is InChI=1S/C14H18N4O2S2/c1-5-6-18-11-10(22-13(18)21)12(20)17(8-15-11)7-9(19)16-14(2,3)4/h5,8H,1,6-7H2,2-4H3,(H,16,19). The number of aromatic nitrogens is 3. The van der Waals surface area contributed by atoms with Crippen molar-refractivity contribution >= 4 is 39.8 Å². The van der Waals surface area contributed by atoms with Gasteiger partial charge in [-0.1, -0.05) is 17.4 Å². The Morgan fingerprint density at radius 2 is 2.23 bits per heavy atom. The molecule has 2 heterocycles. The van der Waals surface area contributed by atoms with Crippen molar-refractivity contribution in [2.75, 3.05) is 0 Å². The first-order chi connectivity index (χ1) is 10.2. The first kappa shape index (κ1) is 16.6. The lowest BCUT2D eigenvalue weighted by Gasteiger charge is -2.20. The summed E-state index contributed by atoms with van der Waals surface area (Å²) in [6, 6.07) is 0. The number of nitrogens with zero attached hydrogens (tertiary/aromatic N) is 3. The van der Waals surface area contributed by atoms with Gasteiger partial charge in [0.2, 0.25) is 5.91 Å². The molecule has 6 nitrogen and oxygen atoms in total. The Morgan fingerprint density at radius 3 is 2.82 bits per heavy atom. The summed E-state index contributed by atoms with van der Waals surface area (Å²) in [5, 5.41) is 2.82. The van der Waals surface area contributed by atoms with Crippen LogP contribution < -0.4 is 10.9 Å². The molecule has 2 aromatic heterocycles. The van der Waals surface area contributed by atoms with E-state index in [4.69, 9.17) is 12.2 Å². The van der Waals surface area contributed by atoms with E-state index in [0.29, 0.717) is 20.8 Å². The third kappa shape index (κ3) is 3.50. The summed E-state index contributed by atoms with van der Waals surface area (Å²) in [4.78, 5) is 28.7. The molecule has 0 aromatic carbocycles. The highest BCUT2D eigenvalue weighted by Crippen LogP contribution is 2.17. The number of thiazole rings is 1. The molecule has 0 aliphatic rings. The molecule has 22 heavy (non-hydrogen) atoms. The van der Waals surface area contributed by atoms with E-state index in [0.717, 1.165) is 0 Å². The predicted octanol–water partition coefficient (Wildman–Crippen LogP) is 2.09. The second kappa shape index (κ2) is 6.13. The third-order valence-corrected chi connectivity index (χ3v) is 4.21. The van der Waals surface area contributed by atoms with Crippen LogP contribution in [0.25, 0.3) is 10.3 Å². The van der Waals surface area contributed by atoms with Crippen LogP contribution in [0.4, 0.5) is 0 Å². The van der Waals surface area contributed by atoms with E-state index < -0.39 is 0 Å². The van der Waals surface area contributed by atoms with Crippen LogP contribution in [0, 0.1) is 3.95 Å². The fourth-order valence-electron chi connectivity index (χ4n) is 1.99. The summed E-state index contributed by atoms with van der Waals surface area (Å²) in [6.07, 6.45) is 3.08. The van der Waals surface area contributed by atoms with Crippen molar-refractivity contribution in [3.8, 4) is 0 Å². The molecular formula is C14H18N4O2S2. The van der Waals surface area contributed by atoms with Crippen LogP contribution in [0.2, 0.25) is 0 Å². The van der Waals surface area contributed by atoms with Gasteiger partial charge in [0.25, 0.3) is 5.56 Å². The zero-order chi connectivity index (χ0) is 16.5. The highest BCUT2D eigenvalue weighted by molar-refractivity contribution is 7.73. The number of fused-ring (bicyclic) bond motifs is 1. The SMILES string of the molecule is C=CCn1c(=S)sc2c(=O)n(CC(=O)NC(C)(C)C)cnc21. The van der Waals surface area contributed by atoms with E-state index >= 15 is 0 Å². The molecule has 2 aromatic rings. The van der Waals surface area contributed by atoms with E-state index in [1.807, 2.05) is 20.8 Å². The minimum atomic E-state index is -0.345. The van der Waals surface area contributed by atoms with Crippen LogP contribution in [0.15, 0.2) is 23.8 Å². The minimum Gasteiger partial charge on any atom is -0.350 e. The molecular weight excluding hydrogens is 320 g/mol. The number of hydrogen-bond donors (Lipinski definition) is 1. The molecule has 0 fully saturated rings. The molecule has 1 N–H and O–H groups in total. The number of allylic oxidation sites excluding steroid dienone is 1. The number of carbonyl (C=O) groups excluding carboxylic acids is 1. The summed E-state index contributed by atoms with van der Waals surface area (Å²) >= 11 is 6.45.